The molecule has 0 radical (unpaired) electrons. The zero-order valence-electron chi connectivity index (χ0n) is 8.87. The summed E-state index contributed by atoms with van der Waals surface area (Å²) in [5.41, 5.74) is 7.64. The molecule has 1 aliphatic rings. The molecule has 0 unspecified atom stereocenters. The van der Waals surface area contributed by atoms with E-state index >= 15 is 0 Å². The number of nitrogen functional groups attached to an aromatic ring is 1. The Morgan fingerprint density at radius 3 is 2.94 bits per heavy atom. The first-order chi connectivity index (χ1) is 8.29. The molecule has 2 heterocycles. The number of rotatable bonds is 2. The summed E-state index contributed by atoms with van der Waals surface area (Å²) >= 11 is 0. The first-order valence-corrected chi connectivity index (χ1v) is 5.07. The number of alkyl halides is 1. The van der Waals surface area contributed by atoms with Crippen molar-refractivity contribution in [2.75, 3.05) is 12.5 Å². The zero-order chi connectivity index (χ0) is 11.8. The second kappa shape index (κ2) is 3.65. The van der Waals surface area contributed by atoms with E-state index in [9.17, 15) is 4.39 Å². The van der Waals surface area contributed by atoms with E-state index in [-0.39, 0.29) is 6.79 Å². The lowest BCUT2D eigenvalue weighted by molar-refractivity contribution is 0.174. The smallest absolute Gasteiger partial charge is 0.231 e. The number of nitrogens with two attached hydrogens (primary N) is 1. The molecule has 0 atom stereocenters. The molecule has 3 N–H and O–H groups in total. The van der Waals surface area contributed by atoms with Crippen LogP contribution in [-0.2, 0) is 6.67 Å². The van der Waals surface area contributed by atoms with Crippen molar-refractivity contribution in [2.45, 2.75) is 6.67 Å². The Kier molecular flexibility index (Phi) is 2.14. The maximum Gasteiger partial charge on any atom is 0.231 e. The second-order valence-corrected chi connectivity index (χ2v) is 3.71. The summed E-state index contributed by atoms with van der Waals surface area (Å²) in [5, 5.41) is 6.47. The molecule has 88 valence electrons. The Morgan fingerprint density at radius 1 is 1.35 bits per heavy atom. The third-order valence-corrected chi connectivity index (χ3v) is 2.65. The zero-order valence-corrected chi connectivity index (χ0v) is 8.87. The van der Waals surface area contributed by atoms with Crippen molar-refractivity contribution in [1.29, 1.82) is 0 Å². The van der Waals surface area contributed by atoms with Gasteiger partial charge >= 0.3 is 0 Å². The fourth-order valence-electron chi connectivity index (χ4n) is 1.86. The van der Waals surface area contributed by atoms with Crippen molar-refractivity contribution in [3.05, 3.63) is 23.9 Å². The molecule has 2 aromatic rings. The van der Waals surface area contributed by atoms with Crippen LogP contribution in [0.25, 0.3) is 11.1 Å². The molecule has 0 saturated carbocycles. The van der Waals surface area contributed by atoms with Gasteiger partial charge in [-0.2, -0.15) is 5.10 Å². The van der Waals surface area contributed by atoms with Crippen molar-refractivity contribution in [3.63, 3.8) is 0 Å². The molecule has 1 aromatic carbocycles. The molecule has 3 rings (SSSR count). The summed E-state index contributed by atoms with van der Waals surface area (Å²) in [6, 6.07) is 3.32. The fourth-order valence-corrected chi connectivity index (χ4v) is 1.86. The Morgan fingerprint density at radius 2 is 2.24 bits per heavy atom. The lowest BCUT2D eigenvalue weighted by Gasteiger charge is -2.06. The average molecular weight is 235 g/mol. The van der Waals surface area contributed by atoms with Crippen molar-refractivity contribution >= 4 is 5.82 Å². The number of aromatic amines is 1. The van der Waals surface area contributed by atoms with Gasteiger partial charge in [-0.15, -0.1) is 0 Å². The minimum Gasteiger partial charge on any atom is -0.454 e. The summed E-state index contributed by atoms with van der Waals surface area (Å²) in [6.07, 6.45) is 1.58. The number of benzene rings is 1. The quantitative estimate of drug-likeness (QED) is 0.833. The molecule has 5 nitrogen and oxygen atoms in total. The summed E-state index contributed by atoms with van der Waals surface area (Å²) in [5.74, 6) is 1.53. The van der Waals surface area contributed by atoms with Gasteiger partial charge in [0, 0.05) is 11.1 Å². The molecule has 0 amide bonds. The van der Waals surface area contributed by atoms with Crippen LogP contribution in [-0.4, -0.2) is 17.0 Å². The third-order valence-electron chi connectivity index (χ3n) is 2.65. The maximum absolute atomic E-state index is 12.8. The van der Waals surface area contributed by atoms with Crippen LogP contribution in [0.1, 0.15) is 5.56 Å². The van der Waals surface area contributed by atoms with Crippen molar-refractivity contribution in [3.8, 4) is 22.6 Å². The molecule has 0 aliphatic carbocycles. The topological polar surface area (TPSA) is 73.2 Å². The third kappa shape index (κ3) is 1.49. The van der Waals surface area contributed by atoms with Crippen LogP contribution in [0.4, 0.5) is 10.2 Å². The van der Waals surface area contributed by atoms with Crippen molar-refractivity contribution in [1.82, 2.24) is 10.2 Å². The van der Waals surface area contributed by atoms with Gasteiger partial charge in [-0.05, 0) is 17.7 Å². The molecule has 0 saturated heterocycles. The molecule has 0 spiro atoms. The van der Waals surface area contributed by atoms with E-state index in [0.717, 1.165) is 0 Å². The molecule has 6 heteroatoms. The van der Waals surface area contributed by atoms with Gasteiger partial charge in [0.05, 0.1) is 6.20 Å². The van der Waals surface area contributed by atoms with E-state index < -0.39 is 6.67 Å². The van der Waals surface area contributed by atoms with Crippen LogP contribution < -0.4 is 15.2 Å². The Bertz CT molecular complexity index is 568. The van der Waals surface area contributed by atoms with Crippen LogP contribution >= 0.6 is 0 Å². The lowest BCUT2D eigenvalue weighted by Crippen LogP contribution is -1.94. The van der Waals surface area contributed by atoms with Gasteiger partial charge in [0.25, 0.3) is 0 Å². The number of nitrogens with zero attached hydrogens (tertiary/aromatic N) is 1. The highest BCUT2D eigenvalue weighted by Crippen LogP contribution is 2.43. The lowest BCUT2D eigenvalue weighted by atomic mass is 10.0. The van der Waals surface area contributed by atoms with E-state index in [1.54, 1.807) is 18.3 Å². The first kappa shape index (κ1) is 9.95. The summed E-state index contributed by atoms with van der Waals surface area (Å²) in [4.78, 5) is 0. The molecular formula is C11H10FN3O2. The van der Waals surface area contributed by atoms with E-state index in [2.05, 4.69) is 10.2 Å². The van der Waals surface area contributed by atoms with Gasteiger partial charge < -0.3 is 15.2 Å². The van der Waals surface area contributed by atoms with Crippen LogP contribution in [0.5, 0.6) is 11.5 Å². The van der Waals surface area contributed by atoms with Gasteiger partial charge in [0.2, 0.25) is 6.79 Å². The van der Waals surface area contributed by atoms with E-state index in [0.29, 0.717) is 34.0 Å². The monoisotopic (exact) mass is 235 g/mol. The number of fused-ring (bicyclic) bond motifs is 1. The minimum absolute atomic E-state index is 0.135. The number of ether oxygens (including phenoxy) is 2. The molecular weight excluding hydrogens is 225 g/mol. The molecule has 1 aromatic heterocycles. The molecule has 0 bridgehead atoms. The van der Waals surface area contributed by atoms with Gasteiger partial charge in [0.15, 0.2) is 11.5 Å². The van der Waals surface area contributed by atoms with E-state index in [4.69, 9.17) is 15.2 Å². The first-order valence-electron chi connectivity index (χ1n) is 5.07. The average Bonchev–Trinajstić information content (AvgIpc) is 2.95. The summed E-state index contributed by atoms with van der Waals surface area (Å²) < 4.78 is 23.4. The maximum atomic E-state index is 12.8. The summed E-state index contributed by atoms with van der Waals surface area (Å²) in [7, 11) is 0. The van der Waals surface area contributed by atoms with E-state index in [1.807, 2.05) is 0 Å². The highest BCUT2D eigenvalue weighted by atomic mass is 19.1. The molecule has 0 fully saturated rings. The highest BCUT2D eigenvalue weighted by molar-refractivity contribution is 5.81. The van der Waals surface area contributed by atoms with Gasteiger partial charge in [-0.25, -0.2) is 4.39 Å². The largest absolute Gasteiger partial charge is 0.454 e. The highest BCUT2D eigenvalue weighted by Gasteiger charge is 2.22. The predicted molar refractivity (Wildman–Crippen MR) is 59.4 cm³/mol. The van der Waals surface area contributed by atoms with Gasteiger partial charge in [-0.3, -0.25) is 5.10 Å². The van der Waals surface area contributed by atoms with E-state index in [1.165, 1.54) is 0 Å². The number of halogens is 1. The van der Waals surface area contributed by atoms with Crippen LogP contribution in [0.15, 0.2) is 18.3 Å². The predicted octanol–water partition coefficient (Wildman–Crippen LogP) is 1.86. The number of nitrogens with one attached hydrogen (secondary N) is 1. The Labute approximate surface area is 96.3 Å². The summed E-state index contributed by atoms with van der Waals surface area (Å²) in [6.45, 7) is -0.433. The number of aromatic nitrogens is 2. The second-order valence-electron chi connectivity index (χ2n) is 3.71. The number of hydrogen-bond donors (Lipinski definition) is 2. The Balaban J connectivity index is 2.22. The number of anilines is 1. The van der Waals surface area contributed by atoms with Gasteiger partial charge in [-0.1, -0.05) is 0 Å². The normalized spacial score (nSPS) is 13.0. The number of hydrogen-bond acceptors (Lipinski definition) is 4. The van der Waals surface area contributed by atoms with Crippen molar-refractivity contribution < 1.29 is 13.9 Å². The van der Waals surface area contributed by atoms with Gasteiger partial charge in [0.1, 0.15) is 12.5 Å². The molecule has 1 aliphatic heterocycles. The van der Waals surface area contributed by atoms with Crippen LogP contribution in [0.2, 0.25) is 0 Å². The minimum atomic E-state index is -0.568. The van der Waals surface area contributed by atoms with Crippen LogP contribution in [0, 0.1) is 0 Å². The van der Waals surface area contributed by atoms with Crippen molar-refractivity contribution in [2.24, 2.45) is 0 Å². The van der Waals surface area contributed by atoms with Crippen LogP contribution in [0.3, 0.4) is 0 Å². The number of H-pyrrole nitrogens is 1. The SMILES string of the molecule is Nc1[nH]ncc1-c1cc(CF)cc2c1OCO2. The fraction of sp³-hybridized carbons (Fsp3) is 0.182. The molecule has 17 heavy (non-hydrogen) atoms. The standard InChI is InChI=1S/C11H10FN3O2/c12-3-6-1-7(8-4-14-15-11(8)13)10-9(2-6)16-5-17-10/h1-2,4H,3,5H2,(H3,13,14,15). The Hall–Kier alpha value is -2.24.